The van der Waals surface area contributed by atoms with Crippen LogP contribution in [0.15, 0.2) is 72.0 Å². The van der Waals surface area contributed by atoms with Crippen LogP contribution in [-0.4, -0.2) is 27.0 Å². The van der Waals surface area contributed by atoms with E-state index in [0.717, 1.165) is 16.8 Å². The second kappa shape index (κ2) is 7.32. The minimum atomic E-state index is -0.493. The maximum atomic E-state index is 12.8. The second-order valence-electron chi connectivity index (χ2n) is 6.27. The molecule has 1 aliphatic heterocycles. The van der Waals surface area contributed by atoms with Crippen molar-refractivity contribution in [2.24, 2.45) is 0 Å². The Morgan fingerprint density at radius 3 is 2.37 bits per heavy atom. The number of rotatable bonds is 4. The Morgan fingerprint density at radius 2 is 1.67 bits per heavy atom. The Balaban J connectivity index is 1.53. The van der Waals surface area contributed by atoms with Gasteiger partial charge in [-0.1, -0.05) is 54.2 Å². The fourth-order valence-corrected chi connectivity index (χ4v) is 4.02. The fourth-order valence-electron chi connectivity index (χ4n) is 3.01. The van der Waals surface area contributed by atoms with Crippen molar-refractivity contribution in [2.75, 3.05) is 4.90 Å². The zero-order valence-corrected chi connectivity index (χ0v) is 15.5. The molecular weight excluding hydrogens is 358 g/mol. The van der Waals surface area contributed by atoms with Crippen LogP contribution in [-0.2, 0) is 9.59 Å². The van der Waals surface area contributed by atoms with Gasteiger partial charge in [-0.05, 0) is 36.2 Å². The molecule has 1 fully saturated rings. The van der Waals surface area contributed by atoms with E-state index >= 15 is 0 Å². The summed E-state index contributed by atoms with van der Waals surface area (Å²) in [5.41, 5.74) is 3.56. The van der Waals surface area contributed by atoms with Gasteiger partial charge >= 0.3 is 0 Å². The Morgan fingerprint density at radius 1 is 0.963 bits per heavy atom. The minimum Gasteiger partial charge on any atom is -0.274 e. The summed E-state index contributed by atoms with van der Waals surface area (Å²) in [6, 6.07) is 19.2. The molecule has 2 heterocycles. The zero-order chi connectivity index (χ0) is 18.8. The first-order valence-electron chi connectivity index (χ1n) is 8.60. The molecule has 3 aromatic rings. The number of imide groups is 1. The third kappa shape index (κ3) is 3.61. The van der Waals surface area contributed by atoms with Gasteiger partial charge in [-0.25, -0.2) is 14.9 Å². The van der Waals surface area contributed by atoms with E-state index in [2.05, 4.69) is 9.97 Å². The maximum Gasteiger partial charge on any atom is 0.247 e. The van der Waals surface area contributed by atoms with Gasteiger partial charge in [-0.3, -0.25) is 9.59 Å². The third-order valence-electron chi connectivity index (χ3n) is 4.36. The van der Waals surface area contributed by atoms with Crippen LogP contribution in [0.3, 0.4) is 0 Å². The summed E-state index contributed by atoms with van der Waals surface area (Å²) in [5, 5.41) is 0.0236. The van der Waals surface area contributed by atoms with Crippen molar-refractivity contribution in [3.63, 3.8) is 0 Å². The van der Waals surface area contributed by atoms with E-state index in [-0.39, 0.29) is 18.2 Å². The molecule has 5 nitrogen and oxygen atoms in total. The average Bonchev–Trinajstić information content (AvgIpc) is 2.96. The molecule has 0 N–H and O–H groups in total. The number of aromatic nitrogens is 2. The molecule has 2 amide bonds. The maximum absolute atomic E-state index is 12.8. The number of nitrogens with zero attached hydrogens (tertiary/aromatic N) is 3. The molecular formula is C21H17N3O2S. The Bertz CT molecular complexity index is 990. The van der Waals surface area contributed by atoms with Crippen LogP contribution < -0.4 is 4.90 Å². The highest BCUT2D eigenvalue weighted by atomic mass is 32.2. The predicted octanol–water partition coefficient (Wildman–Crippen LogP) is 3.88. The smallest absolute Gasteiger partial charge is 0.247 e. The van der Waals surface area contributed by atoms with Crippen LogP contribution in [0, 0.1) is 6.92 Å². The number of aryl methyl sites for hydroxylation is 1. The average molecular weight is 375 g/mol. The quantitative estimate of drug-likeness (QED) is 0.512. The van der Waals surface area contributed by atoms with Crippen molar-refractivity contribution >= 4 is 29.3 Å². The van der Waals surface area contributed by atoms with Gasteiger partial charge in [0.25, 0.3) is 0 Å². The second-order valence-corrected chi connectivity index (χ2v) is 7.44. The molecule has 1 aliphatic rings. The van der Waals surface area contributed by atoms with Crippen molar-refractivity contribution in [1.29, 1.82) is 0 Å². The van der Waals surface area contributed by atoms with Crippen LogP contribution in [0.25, 0.3) is 11.1 Å². The summed E-state index contributed by atoms with van der Waals surface area (Å²) in [5.74, 6) is -0.416. The van der Waals surface area contributed by atoms with Gasteiger partial charge in [0.1, 0.15) is 5.25 Å². The van der Waals surface area contributed by atoms with E-state index in [4.69, 9.17) is 0 Å². The first-order valence-corrected chi connectivity index (χ1v) is 9.48. The van der Waals surface area contributed by atoms with Gasteiger partial charge in [-0.15, -0.1) is 0 Å². The first kappa shape index (κ1) is 17.4. The lowest BCUT2D eigenvalue weighted by Gasteiger charge is -2.15. The summed E-state index contributed by atoms with van der Waals surface area (Å²) in [6.45, 7) is 1.87. The molecule has 0 bridgehead atoms. The van der Waals surface area contributed by atoms with E-state index in [1.807, 2.05) is 61.5 Å². The number of hydrogen-bond acceptors (Lipinski definition) is 5. The highest BCUT2D eigenvalue weighted by Gasteiger charge is 2.40. The summed E-state index contributed by atoms with van der Waals surface area (Å²) in [6.07, 6.45) is 1.81. The number of hydrogen-bond donors (Lipinski definition) is 0. The fraction of sp³-hybridized carbons (Fsp3) is 0.143. The lowest BCUT2D eigenvalue weighted by Crippen LogP contribution is -2.31. The van der Waals surface area contributed by atoms with Gasteiger partial charge in [0.05, 0.1) is 5.69 Å². The summed E-state index contributed by atoms with van der Waals surface area (Å²) in [4.78, 5) is 35.0. The zero-order valence-electron chi connectivity index (χ0n) is 14.7. The molecule has 0 saturated carbocycles. The van der Waals surface area contributed by atoms with E-state index < -0.39 is 5.25 Å². The van der Waals surface area contributed by atoms with Crippen LogP contribution in [0.1, 0.15) is 12.1 Å². The summed E-state index contributed by atoms with van der Waals surface area (Å²) >= 11 is 1.24. The lowest BCUT2D eigenvalue weighted by molar-refractivity contribution is -0.121. The monoisotopic (exact) mass is 375 g/mol. The van der Waals surface area contributed by atoms with Crippen LogP contribution >= 0.6 is 11.8 Å². The number of anilines is 1. The third-order valence-corrected chi connectivity index (χ3v) is 5.42. The van der Waals surface area contributed by atoms with Gasteiger partial charge < -0.3 is 0 Å². The van der Waals surface area contributed by atoms with Crippen molar-refractivity contribution in [1.82, 2.24) is 9.97 Å². The molecule has 134 valence electrons. The van der Waals surface area contributed by atoms with Crippen LogP contribution in [0.2, 0.25) is 0 Å². The summed E-state index contributed by atoms with van der Waals surface area (Å²) < 4.78 is 0. The number of carbonyl (C=O) groups is 2. The molecule has 1 aromatic heterocycles. The van der Waals surface area contributed by atoms with Gasteiger partial charge in [-0.2, -0.15) is 0 Å². The van der Waals surface area contributed by atoms with Gasteiger partial charge in [0, 0.05) is 18.3 Å². The largest absolute Gasteiger partial charge is 0.274 e. The molecule has 1 atom stereocenters. The van der Waals surface area contributed by atoms with E-state index in [0.29, 0.717) is 10.8 Å². The topological polar surface area (TPSA) is 63.2 Å². The molecule has 0 radical (unpaired) electrons. The number of thioether (sulfide) groups is 1. The van der Waals surface area contributed by atoms with Crippen molar-refractivity contribution < 1.29 is 9.59 Å². The minimum absolute atomic E-state index is 0.154. The highest BCUT2D eigenvalue weighted by molar-refractivity contribution is 8.00. The molecule has 0 spiro atoms. The molecule has 1 unspecified atom stereocenters. The van der Waals surface area contributed by atoms with E-state index in [1.54, 1.807) is 12.3 Å². The van der Waals surface area contributed by atoms with Crippen molar-refractivity contribution in [3.8, 4) is 11.1 Å². The van der Waals surface area contributed by atoms with Crippen molar-refractivity contribution in [3.05, 3.63) is 72.6 Å². The van der Waals surface area contributed by atoms with Gasteiger partial charge in [0.2, 0.25) is 11.8 Å². The molecule has 2 aromatic carbocycles. The van der Waals surface area contributed by atoms with Crippen LogP contribution in [0.5, 0.6) is 0 Å². The Labute approximate surface area is 161 Å². The first-order chi connectivity index (χ1) is 13.1. The Hall–Kier alpha value is -2.99. The normalized spacial score (nSPS) is 16.8. The van der Waals surface area contributed by atoms with E-state index in [9.17, 15) is 9.59 Å². The number of carbonyl (C=O) groups excluding carboxylic acids is 2. The Kier molecular flexibility index (Phi) is 4.73. The molecule has 6 heteroatoms. The molecule has 0 aliphatic carbocycles. The lowest BCUT2D eigenvalue weighted by atomic mass is 10.1. The number of benzene rings is 2. The summed E-state index contributed by atoms with van der Waals surface area (Å²) in [7, 11) is 0. The SMILES string of the molecule is Cc1ccnc(SC2CC(=O)N(c3ccc(-c4ccccc4)cc3)C2=O)n1. The van der Waals surface area contributed by atoms with Crippen molar-refractivity contribution in [2.45, 2.75) is 23.8 Å². The number of amides is 2. The standard InChI is InChI=1S/C21H17N3O2S/c1-14-11-12-22-21(23-14)27-18-13-19(25)24(20(18)26)17-9-7-16(8-10-17)15-5-3-2-4-6-15/h2-12,18H,13H2,1H3. The highest BCUT2D eigenvalue weighted by Crippen LogP contribution is 2.33. The van der Waals surface area contributed by atoms with Crippen LogP contribution in [0.4, 0.5) is 5.69 Å². The molecule has 4 rings (SSSR count). The molecule has 27 heavy (non-hydrogen) atoms. The van der Waals surface area contributed by atoms with Gasteiger partial charge in [0.15, 0.2) is 5.16 Å². The van der Waals surface area contributed by atoms with E-state index in [1.165, 1.54) is 16.7 Å². The molecule has 1 saturated heterocycles. The predicted molar refractivity (Wildman–Crippen MR) is 105 cm³/mol.